The van der Waals surface area contributed by atoms with Gasteiger partial charge in [-0.2, -0.15) is 0 Å². The first kappa shape index (κ1) is 14.9. The molecule has 0 unspecified atom stereocenters. The van der Waals surface area contributed by atoms with Gasteiger partial charge in [-0.1, -0.05) is 0 Å². The molecule has 2 aromatic rings. The second kappa shape index (κ2) is 5.90. The number of carbonyl (C=O) groups is 1. The van der Waals surface area contributed by atoms with Gasteiger partial charge in [-0.15, -0.1) is 0 Å². The molecule has 0 saturated heterocycles. The highest BCUT2D eigenvalue weighted by atomic mass is 127. The van der Waals surface area contributed by atoms with Gasteiger partial charge >= 0.3 is 5.97 Å². The molecule has 3 N–H and O–H groups in total. The lowest BCUT2D eigenvalue weighted by atomic mass is 10.1. The molecule has 0 fully saturated rings. The molecule has 7 heteroatoms. The quantitative estimate of drug-likeness (QED) is 0.673. The number of carboxylic acids is 1. The fourth-order valence-corrected chi connectivity index (χ4v) is 2.51. The zero-order valence-electron chi connectivity index (χ0n) is 10.3. The number of nitrogens with zero attached hydrogens (tertiary/aromatic N) is 1. The Morgan fingerprint density at radius 2 is 1.95 bits per heavy atom. The number of hydrogen-bond donors (Lipinski definition) is 3. The maximum absolute atomic E-state index is 12.2. The molecule has 0 atom stereocenters. The summed E-state index contributed by atoms with van der Waals surface area (Å²) in [5.41, 5.74) is -0.475. The molecule has 106 valence electrons. The van der Waals surface area contributed by atoms with E-state index >= 15 is 0 Å². The van der Waals surface area contributed by atoms with E-state index in [-0.39, 0.29) is 24.2 Å². The fourth-order valence-electron chi connectivity index (χ4n) is 2.02. The molecule has 0 radical (unpaired) electrons. The number of benzene rings is 1. The predicted molar refractivity (Wildman–Crippen MR) is 81.1 cm³/mol. The third-order valence-electron chi connectivity index (χ3n) is 3.04. The lowest BCUT2D eigenvalue weighted by molar-refractivity contribution is 0.0693. The van der Waals surface area contributed by atoms with E-state index in [4.69, 9.17) is 5.11 Å². The summed E-state index contributed by atoms with van der Waals surface area (Å²) in [4.78, 5) is 23.3. The van der Waals surface area contributed by atoms with E-state index in [0.29, 0.717) is 5.52 Å². The van der Waals surface area contributed by atoms with Gasteiger partial charge in [0, 0.05) is 15.2 Å². The number of halogens is 1. The average Bonchev–Trinajstić information content (AvgIpc) is 2.42. The van der Waals surface area contributed by atoms with Gasteiger partial charge in [-0.05, 0) is 40.8 Å². The highest BCUT2D eigenvalue weighted by molar-refractivity contribution is 14.1. The number of hydrogen-bond acceptors (Lipinski definition) is 4. The Kier molecular flexibility index (Phi) is 4.41. The van der Waals surface area contributed by atoms with E-state index in [1.54, 1.807) is 18.2 Å². The molecule has 1 aromatic heterocycles. The Balaban J connectivity index is 2.89. The monoisotopic (exact) mass is 389 g/mol. The van der Waals surface area contributed by atoms with E-state index < -0.39 is 17.4 Å². The Morgan fingerprint density at radius 1 is 1.30 bits per heavy atom. The molecule has 0 bridgehead atoms. The Bertz CT molecular complexity index is 721. The smallest absolute Gasteiger partial charge is 0.341 e. The minimum atomic E-state index is -1.33. The summed E-state index contributed by atoms with van der Waals surface area (Å²) in [5, 5.41) is 27.9. The number of carboxylic acid groups (broad SMARTS) is 1. The molecule has 0 saturated carbocycles. The first-order valence-electron chi connectivity index (χ1n) is 5.79. The van der Waals surface area contributed by atoms with Crippen molar-refractivity contribution in [2.45, 2.75) is 6.04 Å². The summed E-state index contributed by atoms with van der Waals surface area (Å²) >= 11 is 2.03. The van der Waals surface area contributed by atoms with Gasteiger partial charge in [-0.3, -0.25) is 4.79 Å². The number of aliphatic hydroxyl groups is 2. The van der Waals surface area contributed by atoms with Gasteiger partial charge in [0.05, 0.1) is 24.8 Å². The van der Waals surface area contributed by atoms with E-state index in [2.05, 4.69) is 0 Å². The fraction of sp³-hybridized carbons (Fsp3) is 0.231. The lowest BCUT2D eigenvalue weighted by Gasteiger charge is -2.19. The molecule has 20 heavy (non-hydrogen) atoms. The zero-order valence-corrected chi connectivity index (χ0v) is 12.4. The second-order valence-corrected chi connectivity index (χ2v) is 5.51. The largest absolute Gasteiger partial charge is 0.477 e. The number of pyridine rings is 1. The highest BCUT2D eigenvalue weighted by Crippen LogP contribution is 2.19. The van der Waals surface area contributed by atoms with Crippen LogP contribution >= 0.6 is 22.6 Å². The molecule has 0 spiro atoms. The van der Waals surface area contributed by atoms with Crippen molar-refractivity contribution in [2.24, 2.45) is 0 Å². The normalized spacial score (nSPS) is 11.2. The van der Waals surface area contributed by atoms with Crippen LogP contribution in [0.15, 0.2) is 29.2 Å². The second-order valence-electron chi connectivity index (χ2n) is 4.26. The van der Waals surface area contributed by atoms with Crippen LogP contribution in [0.3, 0.4) is 0 Å². The standard InChI is InChI=1S/C13H12INO5/c14-7-1-2-11-9(3-7)12(18)10(13(19)20)4-15(11)8(5-16)6-17/h1-4,8,16-17H,5-6H2,(H,19,20). The van der Waals surface area contributed by atoms with Gasteiger partial charge in [-0.25, -0.2) is 4.79 Å². The summed E-state index contributed by atoms with van der Waals surface area (Å²) in [7, 11) is 0. The first-order chi connectivity index (χ1) is 9.49. The van der Waals surface area contributed by atoms with Gasteiger partial charge < -0.3 is 19.9 Å². The highest BCUT2D eigenvalue weighted by Gasteiger charge is 2.18. The van der Waals surface area contributed by atoms with Crippen molar-refractivity contribution in [3.63, 3.8) is 0 Å². The number of aliphatic hydroxyl groups excluding tert-OH is 2. The van der Waals surface area contributed by atoms with Gasteiger partial charge in [0.2, 0.25) is 5.43 Å². The maximum atomic E-state index is 12.2. The van der Waals surface area contributed by atoms with Gasteiger partial charge in [0.25, 0.3) is 0 Å². The topological polar surface area (TPSA) is 99.8 Å². The SMILES string of the molecule is O=C(O)c1cn(C(CO)CO)c2ccc(I)cc2c1=O. The van der Waals surface area contributed by atoms with Crippen LogP contribution in [0, 0.1) is 3.57 Å². The lowest BCUT2D eigenvalue weighted by Crippen LogP contribution is -2.24. The molecule has 0 aliphatic carbocycles. The predicted octanol–water partition coefficient (Wildman–Crippen LogP) is 0.830. The van der Waals surface area contributed by atoms with Crippen LogP contribution in [0.5, 0.6) is 0 Å². The Labute approximate surface area is 127 Å². The number of rotatable bonds is 4. The van der Waals surface area contributed by atoms with Crippen LogP contribution in [0.4, 0.5) is 0 Å². The zero-order chi connectivity index (χ0) is 14.9. The molecule has 2 rings (SSSR count). The van der Waals surface area contributed by atoms with E-state index in [0.717, 1.165) is 9.77 Å². The van der Waals surface area contributed by atoms with Crippen molar-refractivity contribution in [1.29, 1.82) is 0 Å². The van der Waals surface area contributed by atoms with Gasteiger partial charge in [0.15, 0.2) is 0 Å². The molecule has 1 heterocycles. The van der Waals surface area contributed by atoms with Crippen LogP contribution in [-0.2, 0) is 0 Å². The average molecular weight is 389 g/mol. The molecule has 0 amide bonds. The van der Waals surface area contributed by atoms with Crippen molar-refractivity contribution in [2.75, 3.05) is 13.2 Å². The Morgan fingerprint density at radius 3 is 2.50 bits per heavy atom. The molecule has 0 aliphatic heterocycles. The number of fused-ring (bicyclic) bond motifs is 1. The van der Waals surface area contributed by atoms with Crippen LogP contribution < -0.4 is 5.43 Å². The Hall–Kier alpha value is -1.45. The van der Waals surface area contributed by atoms with Crippen LogP contribution in [-0.4, -0.2) is 39.1 Å². The summed E-state index contributed by atoms with van der Waals surface area (Å²) in [6, 6.07) is 4.33. The number of aromatic nitrogens is 1. The summed E-state index contributed by atoms with van der Waals surface area (Å²) in [5.74, 6) is -1.33. The molecular formula is C13H12INO5. The van der Waals surface area contributed by atoms with E-state index in [9.17, 15) is 19.8 Å². The van der Waals surface area contributed by atoms with E-state index in [1.807, 2.05) is 22.6 Å². The third kappa shape index (κ3) is 2.56. The van der Waals surface area contributed by atoms with Crippen molar-refractivity contribution < 1.29 is 20.1 Å². The van der Waals surface area contributed by atoms with Crippen LogP contribution in [0.1, 0.15) is 16.4 Å². The van der Waals surface area contributed by atoms with Crippen molar-refractivity contribution >= 4 is 39.5 Å². The van der Waals surface area contributed by atoms with Crippen molar-refractivity contribution in [3.05, 3.63) is 43.8 Å². The summed E-state index contributed by atoms with van der Waals surface area (Å²) in [6.45, 7) is -0.723. The number of aromatic carboxylic acids is 1. The molecule has 0 aliphatic rings. The molecule has 1 aromatic carbocycles. The molecular weight excluding hydrogens is 377 g/mol. The third-order valence-corrected chi connectivity index (χ3v) is 3.71. The van der Waals surface area contributed by atoms with Crippen molar-refractivity contribution in [3.8, 4) is 0 Å². The maximum Gasteiger partial charge on any atom is 0.341 e. The van der Waals surface area contributed by atoms with Gasteiger partial charge in [0.1, 0.15) is 5.56 Å². The van der Waals surface area contributed by atoms with Crippen LogP contribution in [0.25, 0.3) is 10.9 Å². The van der Waals surface area contributed by atoms with Crippen LogP contribution in [0.2, 0.25) is 0 Å². The van der Waals surface area contributed by atoms with E-state index in [1.165, 1.54) is 4.57 Å². The van der Waals surface area contributed by atoms with Crippen molar-refractivity contribution in [1.82, 2.24) is 4.57 Å². The first-order valence-corrected chi connectivity index (χ1v) is 6.87. The summed E-state index contributed by atoms with van der Waals surface area (Å²) in [6.07, 6.45) is 1.16. The minimum absolute atomic E-state index is 0.253. The minimum Gasteiger partial charge on any atom is -0.477 e. The summed E-state index contributed by atoms with van der Waals surface area (Å²) < 4.78 is 2.22. The molecule has 6 nitrogen and oxygen atoms in total.